The van der Waals surface area contributed by atoms with Gasteiger partial charge in [0.05, 0.1) is 6.61 Å². The summed E-state index contributed by atoms with van der Waals surface area (Å²) in [6, 6.07) is 15.0. The van der Waals surface area contributed by atoms with Crippen molar-refractivity contribution < 1.29 is 9.53 Å². The normalized spacial score (nSPS) is 10.5. The van der Waals surface area contributed by atoms with Crippen LogP contribution in [-0.4, -0.2) is 12.5 Å². The van der Waals surface area contributed by atoms with Gasteiger partial charge in [-0.1, -0.05) is 19.9 Å². The van der Waals surface area contributed by atoms with Gasteiger partial charge in [-0.15, -0.1) is 0 Å². The lowest BCUT2D eigenvalue weighted by Crippen LogP contribution is -2.11. The molecule has 0 unspecified atom stereocenters. The Morgan fingerprint density at radius 2 is 1.91 bits per heavy atom. The van der Waals surface area contributed by atoms with Gasteiger partial charge in [0.1, 0.15) is 5.75 Å². The van der Waals surface area contributed by atoms with Crippen LogP contribution in [0.15, 0.2) is 48.5 Å². The molecule has 0 saturated carbocycles. The van der Waals surface area contributed by atoms with Gasteiger partial charge in [0.15, 0.2) is 0 Å². The number of amides is 1. The molecule has 0 bridgehead atoms. The number of ether oxygens (including phenoxy) is 1. The average molecular weight is 409 g/mol. The molecule has 2 aromatic rings. The zero-order valence-electron chi connectivity index (χ0n) is 12.8. The van der Waals surface area contributed by atoms with Crippen LogP contribution >= 0.6 is 22.6 Å². The summed E-state index contributed by atoms with van der Waals surface area (Å²) in [5.41, 5.74) is 1.42. The van der Waals surface area contributed by atoms with Crippen molar-refractivity contribution in [3.8, 4) is 5.75 Å². The van der Waals surface area contributed by atoms with Gasteiger partial charge in [0.2, 0.25) is 0 Å². The topological polar surface area (TPSA) is 38.3 Å². The first-order valence-corrected chi connectivity index (χ1v) is 8.42. The van der Waals surface area contributed by atoms with Crippen LogP contribution in [0.25, 0.3) is 0 Å². The molecule has 0 aliphatic heterocycles. The number of hydrogen-bond donors (Lipinski definition) is 1. The number of benzene rings is 2. The van der Waals surface area contributed by atoms with Gasteiger partial charge in [0, 0.05) is 14.8 Å². The summed E-state index contributed by atoms with van der Waals surface area (Å²) < 4.78 is 6.70. The summed E-state index contributed by atoms with van der Waals surface area (Å²) in [5, 5.41) is 2.89. The van der Waals surface area contributed by atoms with Crippen molar-refractivity contribution in [2.75, 3.05) is 11.9 Å². The Morgan fingerprint density at radius 3 is 2.55 bits per heavy atom. The minimum atomic E-state index is -0.105. The predicted molar refractivity (Wildman–Crippen MR) is 98.5 cm³/mol. The van der Waals surface area contributed by atoms with Gasteiger partial charge in [-0.05, 0) is 77.4 Å². The van der Waals surface area contributed by atoms with Crippen molar-refractivity contribution in [1.82, 2.24) is 0 Å². The number of hydrogen-bond acceptors (Lipinski definition) is 2. The highest BCUT2D eigenvalue weighted by molar-refractivity contribution is 14.1. The van der Waals surface area contributed by atoms with Crippen molar-refractivity contribution in [3.63, 3.8) is 0 Å². The lowest BCUT2D eigenvalue weighted by atomic mass is 10.1. The van der Waals surface area contributed by atoms with E-state index in [1.807, 2.05) is 42.5 Å². The Morgan fingerprint density at radius 1 is 1.18 bits per heavy atom. The number of carbonyl (C=O) groups is 1. The molecule has 1 amide bonds. The fourth-order valence-corrected chi connectivity index (χ4v) is 2.42. The largest absolute Gasteiger partial charge is 0.494 e. The minimum Gasteiger partial charge on any atom is -0.494 e. The van der Waals surface area contributed by atoms with Gasteiger partial charge >= 0.3 is 0 Å². The summed E-state index contributed by atoms with van der Waals surface area (Å²) in [4.78, 5) is 12.2. The van der Waals surface area contributed by atoms with Crippen molar-refractivity contribution >= 4 is 34.2 Å². The maximum atomic E-state index is 12.2. The molecule has 0 aliphatic carbocycles. The molecule has 0 aromatic heterocycles. The molecule has 0 radical (unpaired) electrons. The minimum absolute atomic E-state index is 0.105. The van der Waals surface area contributed by atoms with Crippen molar-refractivity contribution in [2.45, 2.75) is 20.3 Å². The van der Waals surface area contributed by atoms with Crippen LogP contribution in [0.4, 0.5) is 5.69 Å². The van der Waals surface area contributed by atoms with Crippen LogP contribution in [-0.2, 0) is 0 Å². The zero-order chi connectivity index (χ0) is 15.9. The van der Waals surface area contributed by atoms with Crippen LogP contribution in [0.3, 0.4) is 0 Å². The molecule has 116 valence electrons. The molecular weight excluding hydrogens is 389 g/mol. The molecule has 0 fully saturated rings. The van der Waals surface area contributed by atoms with E-state index in [2.05, 4.69) is 41.8 Å². The Kier molecular flexibility index (Phi) is 6.24. The summed E-state index contributed by atoms with van der Waals surface area (Å²) in [6.45, 7) is 5.06. The Hall–Kier alpha value is -1.56. The van der Waals surface area contributed by atoms with E-state index in [1.165, 1.54) is 0 Å². The molecule has 0 saturated heterocycles. The third-order valence-corrected chi connectivity index (χ3v) is 3.83. The molecule has 0 atom stereocenters. The van der Waals surface area contributed by atoms with Crippen molar-refractivity contribution in [2.24, 2.45) is 5.92 Å². The molecular formula is C18H20INO2. The summed E-state index contributed by atoms with van der Waals surface area (Å²) in [5.74, 6) is 1.35. The first-order chi connectivity index (χ1) is 10.5. The highest BCUT2D eigenvalue weighted by Crippen LogP contribution is 2.17. The second kappa shape index (κ2) is 8.17. The molecule has 3 nitrogen and oxygen atoms in total. The van der Waals surface area contributed by atoms with Crippen LogP contribution < -0.4 is 10.1 Å². The van der Waals surface area contributed by atoms with Crippen molar-refractivity contribution in [3.05, 3.63) is 57.7 Å². The van der Waals surface area contributed by atoms with Crippen molar-refractivity contribution in [1.29, 1.82) is 0 Å². The smallest absolute Gasteiger partial charge is 0.255 e. The van der Waals surface area contributed by atoms with Crippen LogP contribution in [0.2, 0.25) is 0 Å². The number of nitrogens with one attached hydrogen (secondary N) is 1. The van der Waals surface area contributed by atoms with Gasteiger partial charge < -0.3 is 10.1 Å². The lowest BCUT2D eigenvalue weighted by Gasteiger charge is -2.09. The molecule has 2 aromatic carbocycles. The highest BCUT2D eigenvalue weighted by atomic mass is 127. The predicted octanol–water partition coefficient (Wildman–Crippen LogP) is 4.97. The Balaban J connectivity index is 1.92. The molecule has 22 heavy (non-hydrogen) atoms. The number of carbonyl (C=O) groups excluding carboxylic acids is 1. The van der Waals surface area contributed by atoms with E-state index in [1.54, 1.807) is 6.07 Å². The quantitative estimate of drug-likeness (QED) is 0.685. The lowest BCUT2D eigenvalue weighted by molar-refractivity contribution is 0.102. The second-order valence-electron chi connectivity index (χ2n) is 5.52. The second-order valence-corrected chi connectivity index (χ2v) is 6.77. The van der Waals surface area contributed by atoms with Gasteiger partial charge in [-0.3, -0.25) is 4.79 Å². The third-order valence-electron chi connectivity index (χ3n) is 3.16. The summed E-state index contributed by atoms with van der Waals surface area (Å²) in [7, 11) is 0. The first kappa shape index (κ1) is 16.8. The van der Waals surface area contributed by atoms with E-state index >= 15 is 0 Å². The fraction of sp³-hybridized carbons (Fsp3) is 0.278. The number of rotatable bonds is 6. The number of halogens is 1. The van der Waals surface area contributed by atoms with E-state index in [-0.39, 0.29) is 5.91 Å². The first-order valence-electron chi connectivity index (χ1n) is 7.34. The van der Waals surface area contributed by atoms with E-state index < -0.39 is 0 Å². The Bertz CT molecular complexity index is 623. The van der Waals surface area contributed by atoms with E-state index in [4.69, 9.17) is 4.74 Å². The summed E-state index contributed by atoms with van der Waals surface area (Å²) >= 11 is 2.19. The SMILES string of the molecule is CC(C)CCOc1ccc(NC(=O)c2cccc(I)c2)cc1. The van der Waals surface area contributed by atoms with E-state index in [0.717, 1.165) is 21.4 Å². The highest BCUT2D eigenvalue weighted by Gasteiger charge is 2.06. The monoisotopic (exact) mass is 409 g/mol. The molecule has 4 heteroatoms. The van der Waals surface area contributed by atoms with Gasteiger partial charge in [0.25, 0.3) is 5.91 Å². The van der Waals surface area contributed by atoms with E-state index in [0.29, 0.717) is 18.1 Å². The number of anilines is 1. The maximum Gasteiger partial charge on any atom is 0.255 e. The van der Waals surface area contributed by atoms with Gasteiger partial charge in [-0.25, -0.2) is 0 Å². The van der Waals surface area contributed by atoms with Crippen LogP contribution in [0, 0.1) is 9.49 Å². The average Bonchev–Trinajstić information content (AvgIpc) is 2.48. The van der Waals surface area contributed by atoms with E-state index in [9.17, 15) is 4.79 Å². The standard InChI is InChI=1S/C18H20INO2/c1-13(2)10-11-22-17-8-6-16(7-9-17)20-18(21)14-4-3-5-15(19)12-14/h3-9,12-13H,10-11H2,1-2H3,(H,20,21). The third kappa shape index (κ3) is 5.33. The van der Waals surface area contributed by atoms with Crippen LogP contribution in [0.5, 0.6) is 5.75 Å². The van der Waals surface area contributed by atoms with Gasteiger partial charge in [-0.2, -0.15) is 0 Å². The molecule has 2 rings (SSSR count). The van der Waals surface area contributed by atoms with Crippen LogP contribution in [0.1, 0.15) is 30.6 Å². The fourth-order valence-electron chi connectivity index (χ4n) is 1.88. The summed E-state index contributed by atoms with van der Waals surface area (Å²) in [6.07, 6.45) is 1.03. The molecule has 0 heterocycles. The molecule has 0 spiro atoms. The molecule has 0 aliphatic rings. The molecule has 1 N–H and O–H groups in total. The Labute approximate surface area is 145 Å². The maximum absolute atomic E-state index is 12.2. The zero-order valence-corrected chi connectivity index (χ0v) is 15.0.